The fourth-order valence-corrected chi connectivity index (χ4v) is 3.56. The summed E-state index contributed by atoms with van der Waals surface area (Å²) in [5.74, 6) is -0.149. The first kappa shape index (κ1) is 16.9. The minimum Gasteiger partial charge on any atom is -0.480 e. The van der Waals surface area contributed by atoms with E-state index in [1.54, 1.807) is 6.07 Å². The molecule has 1 aromatic rings. The van der Waals surface area contributed by atoms with Crippen LogP contribution >= 0.6 is 12.6 Å². The molecule has 0 aromatic heterocycles. The average molecular weight is 354 g/mol. The quantitative estimate of drug-likeness (QED) is 0.569. The Morgan fingerprint density at radius 3 is 2.79 bits per heavy atom. The number of amides is 1. The first-order chi connectivity index (χ1) is 11.5. The molecule has 2 aliphatic rings. The number of carboxylic acid groups (broad SMARTS) is 1. The Morgan fingerprint density at radius 1 is 1.33 bits per heavy atom. The number of hydroxylamine groups is 2. The van der Waals surface area contributed by atoms with Crippen molar-refractivity contribution in [3.8, 4) is 11.5 Å². The second-order valence-corrected chi connectivity index (χ2v) is 6.08. The van der Waals surface area contributed by atoms with Gasteiger partial charge in [0.1, 0.15) is 12.6 Å². The number of aliphatic carboxylic acids is 1. The van der Waals surface area contributed by atoms with Crippen molar-refractivity contribution in [1.82, 2.24) is 10.4 Å². The van der Waals surface area contributed by atoms with E-state index in [2.05, 4.69) is 17.9 Å². The van der Waals surface area contributed by atoms with Gasteiger partial charge in [0.2, 0.25) is 12.7 Å². The van der Waals surface area contributed by atoms with Crippen LogP contribution in [0.15, 0.2) is 18.2 Å². The summed E-state index contributed by atoms with van der Waals surface area (Å²) in [5, 5.41) is 22.3. The number of hydrogen-bond acceptors (Lipinski definition) is 7. The molecular weight excluding hydrogens is 336 g/mol. The summed E-state index contributed by atoms with van der Waals surface area (Å²) in [5.41, 5.74) is 0.908. The van der Waals surface area contributed by atoms with Crippen molar-refractivity contribution >= 4 is 24.5 Å². The van der Waals surface area contributed by atoms with Gasteiger partial charge in [-0.15, -0.1) is 0 Å². The molecule has 0 spiro atoms. The standard InChI is InChI=1S/C15H18N2O6S/c18-14(19)5-16-15(20)10-4-9(11(6-24)17(10)21)8-1-2-12-13(3-8)23-7-22-12/h1-3,9-11,21,24H,4-7H2,(H,16,20)(H,18,19)/t9?,10-,11?/m0/s1. The molecule has 2 heterocycles. The van der Waals surface area contributed by atoms with E-state index in [4.69, 9.17) is 14.6 Å². The van der Waals surface area contributed by atoms with Gasteiger partial charge in [0.25, 0.3) is 0 Å². The number of nitrogens with zero attached hydrogens (tertiary/aromatic N) is 1. The van der Waals surface area contributed by atoms with Crippen LogP contribution in [0.4, 0.5) is 0 Å². The number of carbonyl (C=O) groups is 2. The molecule has 0 bridgehead atoms. The number of carboxylic acids is 1. The predicted molar refractivity (Wildman–Crippen MR) is 85.6 cm³/mol. The van der Waals surface area contributed by atoms with Gasteiger partial charge in [-0.2, -0.15) is 17.7 Å². The van der Waals surface area contributed by atoms with Gasteiger partial charge in [-0.05, 0) is 24.1 Å². The minimum atomic E-state index is -1.14. The summed E-state index contributed by atoms with van der Waals surface area (Å²) >= 11 is 4.28. The molecule has 1 amide bonds. The number of ether oxygens (including phenoxy) is 2. The molecule has 130 valence electrons. The zero-order valence-electron chi connectivity index (χ0n) is 12.7. The average Bonchev–Trinajstić information content (AvgIpc) is 3.15. The number of fused-ring (bicyclic) bond motifs is 1. The lowest BCUT2D eigenvalue weighted by molar-refractivity contribution is -0.156. The van der Waals surface area contributed by atoms with Gasteiger partial charge >= 0.3 is 5.97 Å². The van der Waals surface area contributed by atoms with Gasteiger partial charge in [0, 0.05) is 11.7 Å². The van der Waals surface area contributed by atoms with Gasteiger partial charge in [0.05, 0.1) is 6.04 Å². The smallest absolute Gasteiger partial charge is 0.322 e. The number of hydrogen-bond donors (Lipinski definition) is 4. The Bertz CT molecular complexity index is 655. The molecule has 8 nitrogen and oxygen atoms in total. The highest BCUT2D eigenvalue weighted by atomic mass is 32.1. The second kappa shape index (κ2) is 6.88. The molecule has 1 aromatic carbocycles. The third-order valence-corrected chi connectivity index (χ3v) is 4.70. The summed E-state index contributed by atoms with van der Waals surface area (Å²) in [6.45, 7) is -0.310. The predicted octanol–water partition coefficient (Wildman–Crippen LogP) is 0.462. The van der Waals surface area contributed by atoms with Gasteiger partial charge in [-0.3, -0.25) is 9.59 Å². The van der Waals surface area contributed by atoms with Crippen molar-refractivity contribution in [1.29, 1.82) is 0 Å². The fourth-order valence-electron chi connectivity index (χ4n) is 3.14. The maximum Gasteiger partial charge on any atom is 0.322 e. The fraction of sp³-hybridized carbons (Fsp3) is 0.467. The van der Waals surface area contributed by atoms with Gasteiger partial charge < -0.3 is 25.1 Å². The van der Waals surface area contributed by atoms with E-state index in [-0.39, 0.29) is 18.8 Å². The molecule has 2 unspecified atom stereocenters. The van der Waals surface area contributed by atoms with Crippen molar-refractivity contribution in [2.45, 2.75) is 24.4 Å². The third kappa shape index (κ3) is 3.14. The molecule has 3 N–H and O–H groups in total. The summed E-state index contributed by atoms with van der Waals surface area (Å²) in [4.78, 5) is 22.7. The number of thiol groups is 1. The van der Waals surface area contributed by atoms with E-state index in [1.807, 2.05) is 12.1 Å². The van der Waals surface area contributed by atoms with E-state index in [0.717, 1.165) is 10.6 Å². The molecule has 0 radical (unpaired) electrons. The van der Waals surface area contributed by atoms with E-state index in [0.29, 0.717) is 23.7 Å². The van der Waals surface area contributed by atoms with Gasteiger partial charge in [-0.25, -0.2) is 0 Å². The first-order valence-corrected chi connectivity index (χ1v) is 8.11. The molecule has 9 heteroatoms. The third-order valence-electron chi connectivity index (χ3n) is 4.33. The summed E-state index contributed by atoms with van der Waals surface area (Å²) < 4.78 is 10.7. The number of carbonyl (C=O) groups excluding carboxylic acids is 1. The largest absolute Gasteiger partial charge is 0.480 e. The molecule has 24 heavy (non-hydrogen) atoms. The Hall–Kier alpha value is -1.97. The Morgan fingerprint density at radius 2 is 2.08 bits per heavy atom. The van der Waals surface area contributed by atoms with Crippen molar-refractivity contribution in [2.75, 3.05) is 19.1 Å². The lowest BCUT2D eigenvalue weighted by atomic mass is 9.91. The number of benzene rings is 1. The number of nitrogens with one attached hydrogen (secondary N) is 1. The van der Waals surface area contributed by atoms with Gasteiger partial charge in [-0.1, -0.05) is 6.07 Å². The van der Waals surface area contributed by atoms with Crippen LogP contribution in [0, 0.1) is 0 Å². The monoisotopic (exact) mass is 354 g/mol. The van der Waals surface area contributed by atoms with Crippen LogP contribution in [-0.2, 0) is 9.59 Å². The highest BCUT2D eigenvalue weighted by Gasteiger charge is 2.44. The van der Waals surface area contributed by atoms with Crippen LogP contribution in [0.25, 0.3) is 0 Å². The van der Waals surface area contributed by atoms with Crippen LogP contribution in [0.2, 0.25) is 0 Å². The second-order valence-electron chi connectivity index (χ2n) is 5.71. The topological polar surface area (TPSA) is 108 Å². The molecule has 0 aliphatic carbocycles. The normalized spacial score (nSPS) is 25.7. The Labute approximate surface area is 143 Å². The van der Waals surface area contributed by atoms with Crippen LogP contribution in [0.1, 0.15) is 17.9 Å². The minimum absolute atomic E-state index is 0.137. The van der Waals surface area contributed by atoms with E-state index in [9.17, 15) is 14.8 Å². The van der Waals surface area contributed by atoms with Crippen LogP contribution in [-0.4, -0.2) is 58.4 Å². The van der Waals surface area contributed by atoms with E-state index >= 15 is 0 Å². The SMILES string of the molecule is O=C(O)CNC(=O)[C@@H]1CC(c2ccc3c(c2)OCO3)C(CS)N1O. The molecule has 0 saturated carbocycles. The molecular formula is C15H18N2O6S. The van der Waals surface area contributed by atoms with Crippen LogP contribution < -0.4 is 14.8 Å². The maximum atomic E-state index is 12.1. The lowest BCUT2D eigenvalue weighted by Crippen LogP contribution is -2.46. The molecule has 1 saturated heterocycles. The highest BCUT2D eigenvalue weighted by Crippen LogP contribution is 2.41. The summed E-state index contributed by atoms with van der Waals surface area (Å²) in [7, 11) is 0. The summed E-state index contributed by atoms with van der Waals surface area (Å²) in [6.07, 6.45) is 0.354. The van der Waals surface area contributed by atoms with E-state index in [1.165, 1.54) is 0 Å². The van der Waals surface area contributed by atoms with Crippen molar-refractivity contribution < 1.29 is 29.4 Å². The van der Waals surface area contributed by atoms with Crippen molar-refractivity contribution in [3.63, 3.8) is 0 Å². The van der Waals surface area contributed by atoms with Gasteiger partial charge in [0.15, 0.2) is 11.5 Å². The zero-order valence-corrected chi connectivity index (χ0v) is 13.6. The molecule has 3 atom stereocenters. The van der Waals surface area contributed by atoms with Crippen LogP contribution in [0.5, 0.6) is 11.5 Å². The number of rotatable bonds is 5. The summed E-state index contributed by atoms with van der Waals surface area (Å²) in [6, 6.07) is 4.33. The van der Waals surface area contributed by atoms with Crippen molar-refractivity contribution in [3.05, 3.63) is 23.8 Å². The van der Waals surface area contributed by atoms with E-state index < -0.39 is 24.5 Å². The van der Waals surface area contributed by atoms with Crippen molar-refractivity contribution in [2.24, 2.45) is 0 Å². The first-order valence-electron chi connectivity index (χ1n) is 7.48. The molecule has 3 rings (SSSR count). The Kier molecular flexibility index (Phi) is 4.83. The molecule has 2 aliphatic heterocycles. The molecule has 1 fully saturated rings. The maximum absolute atomic E-state index is 12.1. The lowest BCUT2D eigenvalue weighted by Gasteiger charge is -2.23. The van der Waals surface area contributed by atoms with Crippen LogP contribution in [0.3, 0.4) is 0 Å². The Balaban J connectivity index is 1.78. The zero-order chi connectivity index (χ0) is 17.3. The highest BCUT2D eigenvalue weighted by molar-refractivity contribution is 7.80.